The summed E-state index contributed by atoms with van der Waals surface area (Å²) in [7, 11) is 3.97. The standard InChI is InChI=1S/C31H31F2N5O2/c1-19-30(20(2)40-36-19)21-8-15-29-28(17-21)35-31(38(29)24-12-10-23(11-13-24)37(3)4)27(7-5-6-16-39)34-22-9-14-25(32)26(33)18-22/h8-18,27,34H,5-7H2,1-4H3/t27-/m0/s1. The summed E-state index contributed by atoms with van der Waals surface area (Å²) in [5.41, 5.74) is 6.69. The number of hydrogen-bond acceptors (Lipinski definition) is 6. The maximum absolute atomic E-state index is 14.1. The minimum absolute atomic E-state index is 0.379. The van der Waals surface area contributed by atoms with Crippen molar-refractivity contribution in [1.29, 1.82) is 0 Å². The molecule has 1 N–H and O–H groups in total. The first-order valence-corrected chi connectivity index (χ1v) is 13.2. The number of imidazole rings is 1. The zero-order valence-corrected chi connectivity index (χ0v) is 22.9. The van der Waals surface area contributed by atoms with Gasteiger partial charge in [0.2, 0.25) is 0 Å². The highest BCUT2D eigenvalue weighted by molar-refractivity contribution is 5.85. The van der Waals surface area contributed by atoms with Gasteiger partial charge in [0.1, 0.15) is 17.9 Å². The molecular formula is C31H31F2N5O2. The number of unbranched alkanes of at least 4 members (excludes halogenated alkanes) is 1. The fourth-order valence-electron chi connectivity index (χ4n) is 5.01. The second kappa shape index (κ2) is 11.3. The smallest absolute Gasteiger partial charge is 0.160 e. The largest absolute Gasteiger partial charge is 0.378 e. The molecule has 1 atom stereocenters. The molecule has 206 valence electrons. The summed E-state index contributed by atoms with van der Waals surface area (Å²) in [6.45, 7) is 3.78. The number of aldehydes is 1. The second-order valence-corrected chi connectivity index (χ2v) is 10.0. The zero-order chi connectivity index (χ0) is 28.4. The van der Waals surface area contributed by atoms with Crippen molar-refractivity contribution < 1.29 is 18.1 Å². The first-order valence-electron chi connectivity index (χ1n) is 13.2. The van der Waals surface area contributed by atoms with Gasteiger partial charge in [-0.15, -0.1) is 0 Å². The van der Waals surface area contributed by atoms with Crippen molar-refractivity contribution in [2.45, 2.75) is 39.2 Å². The van der Waals surface area contributed by atoms with Crippen LogP contribution in [0.1, 0.15) is 42.6 Å². The fourth-order valence-corrected chi connectivity index (χ4v) is 5.01. The van der Waals surface area contributed by atoms with Gasteiger partial charge in [0.15, 0.2) is 11.6 Å². The number of halogens is 2. The minimum atomic E-state index is -0.937. The molecular weight excluding hydrogens is 512 g/mol. The van der Waals surface area contributed by atoms with Crippen LogP contribution in [0.15, 0.2) is 65.2 Å². The third kappa shape index (κ3) is 5.32. The van der Waals surface area contributed by atoms with Crippen LogP contribution in [-0.2, 0) is 4.79 Å². The number of nitrogens with one attached hydrogen (secondary N) is 1. The molecule has 9 heteroatoms. The van der Waals surface area contributed by atoms with E-state index in [0.29, 0.717) is 30.8 Å². The van der Waals surface area contributed by atoms with Crippen molar-refractivity contribution in [3.05, 3.63) is 89.6 Å². The van der Waals surface area contributed by atoms with Gasteiger partial charge in [-0.3, -0.25) is 4.57 Å². The van der Waals surface area contributed by atoms with Crippen LogP contribution in [0.2, 0.25) is 0 Å². The van der Waals surface area contributed by atoms with Crippen molar-refractivity contribution in [3.63, 3.8) is 0 Å². The molecule has 0 aliphatic carbocycles. The summed E-state index contributed by atoms with van der Waals surface area (Å²) in [6.07, 6.45) is 2.41. The summed E-state index contributed by atoms with van der Waals surface area (Å²) in [4.78, 5) is 18.2. The third-order valence-electron chi connectivity index (χ3n) is 7.01. The van der Waals surface area contributed by atoms with E-state index in [4.69, 9.17) is 9.51 Å². The van der Waals surface area contributed by atoms with Crippen LogP contribution in [0.25, 0.3) is 27.8 Å². The van der Waals surface area contributed by atoms with Crippen LogP contribution in [0, 0.1) is 25.5 Å². The van der Waals surface area contributed by atoms with Gasteiger partial charge in [-0.05, 0) is 80.8 Å². The third-order valence-corrected chi connectivity index (χ3v) is 7.01. The van der Waals surface area contributed by atoms with E-state index < -0.39 is 17.7 Å². The lowest BCUT2D eigenvalue weighted by Gasteiger charge is -2.22. The van der Waals surface area contributed by atoms with Gasteiger partial charge < -0.3 is 19.5 Å². The maximum Gasteiger partial charge on any atom is 0.160 e. The van der Waals surface area contributed by atoms with E-state index in [1.807, 2.05) is 75.3 Å². The van der Waals surface area contributed by atoms with E-state index in [9.17, 15) is 13.6 Å². The van der Waals surface area contributed by atoms with E-state index in [1.165, 1.54) is 6.07 Å². The van der Waals surface area contributed by atoms with Gasteiger partial charge in [0.25, 0.3) is 0 Å². The molecule has 0 saturated heterocycles. The molecule has 0 bridgehead atoms. The molecule has 0 aliphatic rings. The van der Waals surface area contributed by atoms with Crippen LogP contribution in [0.3, 0.4) is 0 Å². The Morgan fingerprint density at radius 2 is 1.80 bits per heavy atom. The molecule has 5 aromatic rings. The summed E-state index contributed by atoms with van der Waals surface area (Å²) in [6, 6.07) is 17.5. The highest BCUT2D eigenvalue weighted by Gasteiger charge is 2.23. The Hall–Kier alpha value is -4.53. The Kier molecular flexibility index (Phi) is 7.64. The number of nitrogens with zero attached hydrogens (tertiary/aromatic N) is 4. The van der Waals surface area contributed by atoms with Crippen LogP contribution in [-0.4, -0.2) is 35.1 Å². The fraction of sp³-hybridized carbons (Fsp3) is 0.258. The van der Waals surface area contributed by atoms with Crippen LogP contribution in [0.5, 0.6) is 0 Å². The number of aryl methyl sites for hydroxylation is 2. The Balaban J connectivity index is 1.68. The predicted octanol–water partition coefficient (Wildman–Crippen LogP) is 7.16. The number of anilines is 2. The highest BCUT2D eigenvalue weighted by Crippen LogP contribution is 2.34. The molecule has 2 aromatic heterocycles. The molecule has 0 radical (unpaired) electrons. The average Bonchev–Trinajstić information content (AvgIpc) is 3.48. The van der Waals surface area contributed by atoms with Crippen LogP contribution >= 0.6 is 0 Å². The Labute approximate surface area is 231 Å². The van der Waals surface area contributed by atoms with E-state index in [-0.39, 0.29) is 0 Å². The Morgan fingerprint density at radius 3 is 2.45 bits per heavy atom. The number of hydrogen-bond donors (Lipinski definition) is 1. The number of carbonyl (C=O) groups excluding carboxylic acids is 1. The van der Waals surface area contributed by atoms with E-state index in [0.717, 1.165) is 63.4 Å². The molecule has 0 spiro atoms. The summed E-state index contributed by atoms with van der Waals surface area (Å²) in [5, 5.41) is 7.44. The molecule has 0 aliphatic heterocycles. The number of carbonyl (C=O) groups is 1. The van der Waals surface area contributed by atoms with Crippen LogP contribution in [0.4, 0.5) is 20.2 Å². The molecule has 7 nitrogen and oxygen atoms in total. The van der Waals surface area contributed by atoms with Crippen molar-refractivity contribution >= 4 is 28.7 Å². The summed E-state index contributed by atoms with van der Waals surface area (Å²) in [5.74, 6) is -0.432. The predicted molar refractivity (Wildman–Crippen MR) is 153 cm³/mol. The van der Waals surface area contributed by atoms with Crippen molar-refractivity contribution in [3.8, 4) is 16.8 Å². The normalized spacial score (nSPS) is 12.1. The summed E-state index contributed by atoms with van der Waals surface area (Å²) < 4.78 is 35.2. The number of benzene rings is 3. The van der Waals surface area contributed by atoms with E-state index in [2.05, 4.69) is 15.0 Å². The van der Waals surface area contributed by atoms with Gasteiger partial charge in [0.05, 0.1) is 22.8 Å². The molecule has 0 fully saturated rings. The van der Waals surface area contributed by atoms with Crippen LogP contribution < -0.4 is 10.2 Å². The molecule has 40 heavy (non-hydrogen) atoms. The summed E-state index contributed by atoms with van der Waals surface area (Å²) >= 11 is 0. The maximum atomic E-state index is 14.1. The Morgan fingerprint density at radius 1 is 1.02 bits per heavy atom. The molecule has 2 heterocycles. The topological polar surface area (TPSA) is 76.2 Å². The average molecular weight is 544 g/mol. The first kappa shape index (κ1) is 27.1. The molecule has 5 rings (SSSR count). The monoisotopic (exact) mass is 543 g/mol. The van der Waals surface area contributed by atoms with Crippen molar-refractivity contribution in [1.82, 2.24) is 14.7 Å². The van der Waals surface area contributed by atoms with Gasteiger partial charge in [-0.25, -0.2) is 13.8 Å². The van der Waals surface area contributed by atoms with Gasteiger partial charge in [0, 0.05) is 49.2 Å². The first-order chi connectivity index (χ1) is 19.3. The lowest BCUT2D eigenvalue weighted by molar-refractivity contribution is -0.107. The molecule has 3 aromatic carbocycles. The zero-order valence-electron chi connectivity index (χ0n) is 22.9. The minimum Gasteiger partial charge on any atom is -0.378 e. The molecule has 0 saturated carbocycles. The highest BCUT2D eigenvalue weighted by atomic mass is 19.2. The van der Waals surface area contributed by atoms with Gasteiger partial charge in [-0.1, -0.05) is 11.2 Å². The lowest BCUT2D eigenvalue weighted by atomic mass is 10.0. The SMILES string of the molecule is Cc1noc(C)c1-c1ccc2c(c1)nc([C@H](CCCC=O)Nc1ccc(F)c(F)c1)n2-c1ccc(N(C)C)cc1. The number of fused-ring (bicyclic) bond motifs is 1. The number of aromatic nitrogens is 3. The second-order valence-electron chi connectivity index (χ2n) is 10.0. The van der Waals surface area contributed by atoms with Gasteiger partial charge >= 0.3 is 0 Å². The number of rotatable bonds is 10. The lowest BCUT2D eigenvalue weighted by Crippen LogP contribution is -2.17. The van der Waals surface area contributed by atoms with Crippen molar-refractivity contribution in [2.75, 3.05) is 24.3 Å². The molecule has 0 amide bonds. The van der Waals surface area contributed by atoms with E-state index in [1.54, 1.807) is 0 Å². The van der Waals surface area contributed by atoms with Gasteiger partial charge in [-0.2, -0.15) is 0 Å². The molecule has 0 unspecified atom stereocenters. The Bertz CT molecular complexity index is 1640. The van der Waals surface area contributed by atoms with E-state index >= 15 is 0 Å². The quantitative estimate of drug-likeness (QED) is 0.149. The van der Waals surface area contributed by atoms with Crippen molar-refractivity contribution in [2.24, 2.45) is 0 Å².